The van der Waals surface area contributed by atoms with Gasteiger partial charge in [-0.05, 0) is 35.0 Å². The highest BCUT2D eigenvalue weighted by Crippen LogP contribution is 2.21. The van der Waals surface area contributed by atoms with E-state index in [1.165, 1.54) is 13.0 Å². The third-order valence-electron chi connectivity index (χ3n) is 1.56. The van der Waals surface area contributed by atoms with E-state index in [4.69, 9.17) is 0 Å². The number of carbonyl (C=O) groups excluding carboxylic acids is 1. The lowest BCUT2D eigenvalue weighted by molar-refractivity contribution is -0.116. The van der Waals surface area contributed by atoms with Crippen LogP contribution in [0.25, 0.3) is 0 Å². The molecule has 0 N–H and O–H groups in total. The Morgan fingerprint density at radius 2 is 2.08 bits per heavy atom. The zero-order valence-corrected chi connectivity index (χ0v) is 8.49. The molecule has 0 spiro atoms. The molecule has 1 aromatic rings. The first-order valence-electron chi connectivity index (χ1n) is 3.64. The van der Waals surface area contributed by atoms with E-state index in [0.29, 0.717) is 0 Å². The Kier molecular flexibility index (Phi) is 3.14. The molecule has 0 heterocycles. The smallest absolute Gasteiger partial charge is 0.143 e. The summed E-state index contributed by atoms with van der Waals surface area (Å²) in [6, 6.07) is 2.40. The molecule has 0 aliphatic heterocycles. The molecule has 1 aromatic carbocycles. The number of carbonyl (C=O) groups is 1. The number of benzene rings is 1. The second-order valence-electron chi connectivity index (χ2n) is 2.70. The van der Waals surface area contributed by atoms with Crippen LogP contribution in [-0.2, 0) is 11.2 Å². The fourth-order valence-electron chi connectivity index (χ4n) is 0.980. The summed E-state index contributed by atoms with van der Waals surface area (Å²) in [6.45, 7) is 1.29. The lowest BCUT2D eigenvalue weighted by atomic mass is 10.1. The molecule has 0 unspecified atom stereocenters. The minimum atomic E-state index is -0.699. The van der Waals surface area contributed by atoms with Crippen molar-refractivity contribution in [2.45, 2.75) is 13.3 Å². The van der Waals surface area contributed by atoms with Gasteiger partial charge in [0, 0.05) is 12.0 Å². The number of hydrogen-bond acceptors (Lipinski definition) is 1. The molecule has 0 saturated heterocycles. The number of hydrogen-bond donors (Lipinski definition) is 0. The van der Waals surface area contributed by atoms with Crippen LogP contribution in [0, 0.1) is 11.6 Å². The molecule has 0 radical (unpaired) electrons. The van der Waals surface area contributed by atoms with Gasteiger partial charge in [0.1, 0.15) is 17.4 Å². The lowest BCUT2D eigenvalue weighted by Gasteiger charge is -2.03. The van der Waals surface area contributed by atoms with E-state index in [1.54, 1.807) is 0 Å². The first-order valence-corrected chi connectivity index (χ1v) is 4.43. The summed E-state index contributed by atoms with van der Waals surface area (Å²) in [6.07, 6.45) is -0.211. The van der Waals surface area contributed by atoms with Crippen LogP contribution in [-0.4, -0.2) is 5.78 Å². The number of halogens is 3. The maximum atomic E-state index is 13.2. The maximum absolute atomic E-state index is 13.2. The zero-order chi connectivity index (χ0) is 10.0. The Hall–Kier alpha value is -0.770. The van der Waals surface area contributed by atoms with Crippen LogP contribution in [0.5, 0.6) is 0 Å². The van der Waals surface area contributed by atoms with Gasteiger partial charge >= 0.3 is 0 Å². The van der Waals surface area contributed by atoms with Crippen molar-refractivity contribution < 1.29 is 13.6 Å². The molecule has 1 nitrogen and oxygen atoms in total. The average Bonchev–Trinajstić information content (AvgIpc) is 2.05. The normalized spacial score (nSPS) is 10.2. The van der Waals surface area contributed by atoms with Gasteiger partial charge < -0.3 is 0 Å². The molecule has 1 rings (SSSR count). The van der Waals surface area contributed by atoms with Crippen molar-refractivity contribution in [2.75, 3.05) is 0 Å². The van der Waals surface area contributed by atoms with Crippen LogP contribution in [0.1, 0.15) is 12.5 Å². The molecule has 0 aromatic heterocycles. The van der Waals surface area contributed by atoms with Crippen molar-refractivity contribution in [3.8, 4) is 0 Å². The standard InChI is InChI=1S/C9H7BrF2O/c1-5(13)4-6-8(11)3-2-7(10)9(6)12/h2-3H,4H2,1H3. The Morgan fingerprint density at radius 1 is 1.46 bits per heavy atom. The van der Waals surface area contributed by atoms with Gasteiger partial charge in [-0.2, -0.15) is 0 Å². The molecular formula is C9H7BrF2O. The van der Waals surface area contributed by atoms with Crippen molar-refractivity contribution >= 4 is 21.7 Å². The molecule has 0 bridgehead atoms. The van der Waals surface area contributed by atoms with Crippen LogP contribution in [0.4, 0.5) is 8.78 Å². The average molecular weight is 249 g/mol. The topological polar surface area (TPSA) is 17.1 Å². The molecule has 0 saturated carbocycles. The van der Waals surface area contributed by atoms with Gasteiger partial charge in [-0.3, -0.25) is 4.79 Å². The van der Waals surface area contributed by atoms with E-state index in [9.17, 15) is 13.6 Å². The van der Waals surface area contributed by atoms with Gasteiger partial charge in [-0.1, -0.05) is 0 Å². The van der Waals surface area contributed by atoms with Crippen LogP contribution in [0.2, 0.25) is 0 Å². The first-order chi connectivity index (χ1) is 6.02. The zero-order valence-electron chi connectivity index (χ0n) is 6.90. The van der Waals surface area contributed by atoms with E-state index < -0.39 is 11.6 Å². The second-order valence-corrected chi connectivity index (χ2v) is 3.55. The van der Waals surface area contributed by atoms with Crippen LogP contribution < -0.4 is 0 Å². The molecular weight excluding hydrogens is 242 g/mol. The first kappa shape index (κ1) is 10.3. The molecule has 13 heavy (non-hydrogen) atoms. The molecule has 0 aliphatic carbocycles. The third-order valence-corrected chi connectivity index (χ3v) is 2.18. The van der Waals surface area contributed by atoms with Crippen molar-refractivity contribution in [1.82, 2.24) is 0 Å². The van der Waals surface area contributed by atoms with Crippen LogP contribution >= 0.6 is 15.9 Å². The maximum Gasteiger partial charge on any atom is 0.143 e. The Labute approximate surface area is 82.9 Å². The van der Waals surface area contributed by atoms with Gasteiger partial charge in [-0.15, -0.1) is 0 Å². The highest BCUT2D eigenvalue weighted by Gasteiger charge is 2.13. The molecule has 4 heteroatoms. The minimum Gasteiger partial charge on any atom is -0.300 e. The van der Waals surface area contributed by atoms with Gasteiger partial charge in [-0.25, -0.2) is 8.78 Å². The van der Waals surface area contributed by atoms with Gasteiger partial charge in [0.2, 0.25) is 0 Å². The van der Waals surface area contributed by atoms with Crippen molar-refractivity contribution in [3.05, 3.63) is 33.8 Å². The third kappa shape index (κ3) is 2.34. The summed E-state index contributed by atoms with van der Waals surface area (Å²) in [4.78, 5) is 10.7. The van der Waals surface area contributed by atoms with E-state index in [0.717, 1.165) is 6.07 Å². The van der Waals surface area contributed by atoms with Crippen molar-refractivity contribution in [1.29, 1.82) is 0 Å². The molecule has 0 atom stereocenters. The van der Waals surface area contributed by atoms with E-state index in [-0.39, 0.29) is 22.2 Å². The summed E-state index contributed by atoms with van der Waals surface area (Å²) in [7, 11) is 0. The summed E-state index contributed by atoms with van der Waals surface area (Å²) in [5, 5.41) is 0. The Morgan fingerprint density at radius 3 is 2.62 bits per heavy atom. The largest absolute Gasteiger partial charge is 0.300 e. The summed E-state index contributed by atoms with van der Waals surface area (Å²) >= 11 is 2.92. The predicted octanol–water partition coefficient (Wildman–Crippen LogP) is 2.86. The molecule has 0 amide bonds. The summed E-state index contributed by atoms with van der Waals surface area (Å²) < 4.78 is 26.3. The van der Waals surface area contributed by atoms with Crippen LogP contribution in [0.3, 0.4) is 0 Å². The monoisotopic (exact) mass is 248 g/mol. The van der Waals surface area contributed by atoms with Crippen molar-refractivity contribution in [3.63, 3.8) is 0 Å². The van der Waals surface area contributed by atoms with Gasteiger partial charge in [0.15, 0.2) is 0 Å². The highest BCUT2D eigenvalue weighted by molar-refractivity contribution is 9.10. The highest BCUT2D eigenvalue weighted by atomic mass is 79.9. The molecule has 0 aliphatic rings. The fourth-order valence-corrected chi connectivity index (χ4v) is 1.35. The van der Waals surface area contributed by atoms with Crippen LogP contribution in [0.15, 0.2) is 16.6 Å². The predicted molar refractivity (Wildman–Crippen MR) is 48.4 cm³/mol. The van der Waals surface area contributed by atoms with Gasteiger partial charge in [0.05, 0.1) is 4.47 Å². The van der Waals surface area contributed by atoms with Crippen molar-refractivity contribution in [2.24, 2.45) is 0 Å². The van der Waals surface area contributed by atoms with E-state index >= 15 is 0 Å². The Balaban J connectivity index is 3.17. The SMILES string of the molecule is CC(=O)Cc1c(F)ccc(Br)c1F. The quantitative estimate of drug-likeness (QED) is 0.736. The Bertz CT molecular complexity index is 350. The lowest BCUT2D eigenvalue weighted by Crippen LogP contribution is -2.03. The number of rotatable bonds is 2. The summed E-state index contributed by atoms with van der Waals surface area (Å²) in [5.41, 5.74) is -0.179. The van der Waals surface area contributed by atoms with E-state index in [2.05, 4.69) is 15.9 Å². The summed E-state index contributed by atoms with van der Waals surface area (Å²) in [5.74, 6) is -1.65. The molecule has 70 valence electrons. The van der Waals surface area contributed by atoms with Gasteiger partial charge in [0.25, 0.3) is 0 Å². The number of ketones is 1. The molecule has 0 fully saturated rings. The fraction of sp³-hybridized carbons (Fsp3) is 0.222. The van der Waals surface area contributed by atoms with E-state index in [1.807, 2.05) is 0 Å². The minimum absolute atomic E-state index is 0.171. The number of Topliss-reactive ketones (excluding diaryl/α,β-unsaturated/α-hetero) is 1. The second kappa shape index (κ2) is 3.96.